The average Bonchev–Trinajstić information content (AvgIpc) is 2.37. The minimum absolute atomic E-state index is 0.0808. The summed E-state index contributed by atoms with van der Waals surface area (Å²) in [4.78, 5) is 10.9. The van der Waals surface area contributed by atoms with Crippen LogP contribution in [-0.4, -0.2) is 26.1 Å². The SMILES string of the molecule is CNC(=O)CCCOc1c(F)cc(CCN)cc1F. The standard InChI is InChI=1S/C13H18F2N2O2/c1-17-12(18)3-2-6-19-13-10(14)7-9(4-5-16)8-11(13)15/h7-8H,2-6,16H2,1H3,(H,17,18). The normalized spacial score (nSPS) is 10.3. The van der Waals surface area contributed by atoms with E-state index in [0.717, 1.165) is 0 Å². The van der Waals surface area contributed by atoms with E-state index < -0.39 is 17.4 Å². The van der Waals surface area contributed by atoms with Gasteiger partial charge in [-0.25, -0.2) is 8.78 Å². The molecule has 0 spiro atoms. The second-order valence-corrected chi connectivity index (χ2v) is 4.05. The molecule has 0 aliphatic rings. The number of hydrogen-bond donors (Lipinski definition) is 2. The number of rotatable bonds is 7. The molecule has 1 amide bonds. The molecule has 3 N–H and O–H groups in total. The molecule has 0 atom stereocenters. The van der Waals surface area contributed by atoms with Gasteiger partial charge in [-0.2, -0.15) is 0 Å². The summed E-state index contributed by atoms with van der Waals surface area (Å²) in [7, 11) is 1.53. The van der Waals surface area contributed by atoms with Crippen LogP contribution in [0, 0.1) is 11.6 Å². The Morgan fingerprint density at radius 1 is 1.37 bits per heavy atom. The minimum atomic E-state index is -0.747. The molecule has 0 fully saturated rings. The molecule has 6 heteroatoms. The van der Waals surface area contributed by atoms with E-state index in [9.17, 15) is 13.6 Å². The molecule has 0 unspecified atom stereocenters. The van der Waals surface area contributed by atoms with Crippen molar-refractivity contribution in [2.24, 2.45) is 5.73 Å². The van der Waals surface area contributed by atoms with Crippen LogP contribution in [0.2, 0.25) is 0 Å². The highest BCUT2D eigenvalue weighted by molar-refractivity contribution is 5.75. The third-order valence-corrected chi connectivity index (χ3v) is 2.56. The second-order valence-electron chi connectivity index (χ2n) is 4.05. The monoisotopic (exact) mass is 272 g/mol. The van der Waals surface area contributed by atoms with Crippen molar-refractivity contribution in [3.05, 3.63) is 29.3 Å². The summed E-state index contributed by atoms with van der Waals surface area (Å²) in [6.07, 6.45) is 1.05. The van der Waals surface area contributed by atoms with E-state index >= 15 is 0 Å². The Balaban J connectivity index is 2.56. The van der Waals surface area contributed by atoms with Crippen molar-refractivity contribution in [2.75, 3.05) is 20.2 Å². The van der Waals surface area contributed by atoms with Gasteiger partial charge in [0.1, 0.15) is 0 Å². The highest BCUT2D eigenvalue weighted by Crippen LogP contribution is 2.23. The number of ether oxygens (including phenoxy) is 1. The van der Waals surface area contributed by atoms with E-state index in [1.807, 2.05) is 0 Å². The second kappa shape index (κ2) is 7.68. The lowest BCUT2D eigenvalue weighted by Gasteiger charge is -2.09. The van der Waals surface area contributed by atoms with Crippen LogP contribution in [0.25, 0.3) is 0 Å². The first-order valence-corrected chi connectivity index (χ1v) is 6.09. The van der Waals surface area contributed by atoms with Crippen LogP contribution in [0.15, 0.2) is 12.1 Å². The Hall–Kier alpha value is -1.69. The molecule has 0 radical (unpaired) electrons. The average molecular weight is 272 g/mol. The number of halogens is 2. The lowest BCUT2D eigenvalue weighted by atomic mass is 10.1. The Morgan fingerprint density at radius 2 is 2.00 bits per heavy atom. The van der Waals surface area contributed by atoms with Gasteiger partial charge in [0.25, 0.3) is 0 Å². The molecular formula is C13H18F2N2O2. The summed E-state index contributed by atoms with van der Waals surface area (Å²) >= 11 is 0. The molecule has 0 aliphatic heterocycles. The van der Waals surface area contributed by atoms with E-state index in [1.54, 1.807) is 0 Å². The quantitative estimate of drug-likeness (QED) is 0.737. The highest BCUT2D eigenvalue weighted by atomic mass is 19.1. The fourth-order valence-electron chi connectivity index (χ4n) is 1.59. The van der Waals surface area contributed by atoms with Gasteiger partial charge in [-0.05, 0) is 37.1 Å². The molecule has 0 saturated carbocycles. The van der Waals surface area contributed by atoms with Gasteiger partial charge in [0.15, 0.2) is 17.4 Å². The molecule has 1 aromatic carbocycles. The van der Waals surface area contributed by atoms with Crippen molar-refractivity contribution in [1.82, 2.24) is 5.32 Å². The van der Waals surface area contributed by atoms with Crippen LogP contribution in [0.4, 0.5) is 8.78 Å². The summed E-state index contributed by atoms with van der Waals surface area (Å²) < 4.78 is 32.2. The third-order valence-electron chi connectivity index (χ3n) is 2.56. The van der Waals surface area contributed by atoms with Crippen LogP contribution in [0.5, 0.6) is 5.75 Å². The third kappa shape index (κ3) is 4.82. The van der Waals surface area contributed by atoms with Gasteiger partial charge in [-0.3, -0.25) is 4.79 Å². The zero-order valence-electron chi connectivity index (χ0n) is 10.8. The van der Waals surface area contributed by atoms with Gasteiger partial charge in [0.2, 0.25) is 5.91 Å². The van der Waals surface area contributed by atoms with E-state index in [0.29, 0.717) is 24.9 Å². The predicted octanol–water partition coefficient (Wildman–Crippen LogP) is 1.37. The number of carbonyl (C=O) groups is 1. The summed E-state index contributed by atoms with van der Waals surface area (Å²) in [5, 5.41) is 2.45. The number of hydrogen-bond acceptors (Lipinski definition) is 3. The molecule has 0 saturated heterocycles. The molecule has 1 rings (SSSR count). The van der Waals surface area contributed by atoms with Crippen molar-refractivity contribution >= 4 is 5.91 Å². The highest BCUT2D eigenvalue weighted by Gasteiger charge is 2.12. The first-order chi connectivity index (χ1) is 9.08. The van der Waals surface area contributed by atoms with Gasteiger partial charge in [0, 0.05) is 13.5 Å². The van der Waals surface area contributed by atoms with E-state index in [1.165, 1.54) is 19.2 Å². The molecular weight excluding hydrogens is 254 g/mol. The van der Waals surface area contributed by atoms with Crippen molar-refractivity contribution in [1.29, 1.82) is 0 Å². The van der Waals surface area contributed by atoms with Crippen molar-refractivity contribution < 1.29 is 18.3 Å². The Bertz CT molecular complexity index is 416. The molecule has 0 aromatic heterocycles. The van der Waals surface area contributed by atoms with Crippen LogP contribution < -0.4 is 15.8 Å². The summed E-state index contributed by atoms with van der Waals surface area (Å²) in [6, 6.07) is 2.42. The van der Waals surface area contributed by atoms with Crippen molar-refractivity contribution in [3.8, 4) is 5.75 Å². The molecule has 106 valence electrons. The summed E-state index contributed by atoms with van der Waals surface area (Å²) in [5.74, 6) is -2.03. The van der Waals surface area contributed by atoms with E-state index in [-0.39, 0.29) is 18.9 Å². The van der Waals surface area contributed by atoms with Gasteiger partial charge in [0.05, 0.1) is 6.61 Å². The number of nitrogens with one attached hydrogen (secondary N) is 1. The lowest BCUT2D eigenvalue weighted by molar-refractivity contribution is -0.120. The Morgan fingerprint density at radius 3 is 2.53 bits per heavy atom. The smallest absolute Gasteiger partial charge is 0.219 e. The predicted molar refractivity (Wildman–Crippen MR) is 67.9 cm³/mol. The maximum absolute atomic E-state index is 13.6. The van der Waals surface area contributed by atoms with E-state index in [2.05, 4.69) is 5.32 Å². The van der Waals surface area contributed by atoms with Crippen LogP contribution in [0.3, 0.4) is 0 Å². The van der Waals surface area contributed by atoms with Gasteiger partial charge in [-0.15, -0.1) is 0 Å². The number of nitrogens with two attached hydrogens (primary N) is 1. The van der Waals surface area contributed by atoms with Crippen LogP contribution in [-0.2, 0) is 11.2 Å². The zero-order chi connectivity index (χ0) is 14.3. The minimum Gasteiger partial charge on any atom is -0.488 e. The summed E-state index contributed by atoms with van der Waals surface area (Å²) in [6.45, 7) is 0.405. The molecule has 0 aliphatic carbocycles. The van der Waals surface area contributed by atoms with Crippen LogP contribution in [0.1, 0.15) is 18.4 Å². The largest absolute Gasteiger partial charge is 0.488 e. The maximum Gasteiger partial charge on any atom is 0.219 e. The maximum atomic E-state index is 13.6. The fraction of sp³-hybridized carbons (Fsp3) is 0.462. The van der Waals surface area contributed by atoms with Gasteiger partial charge >= 0.3 is 0 Å². The van der Waals surface area contributed by atoms with Crippen molar-refractivity contribution in [2.45, 2.75) is 19.3 Å². The van der Waals surface area contributed by atoms with Crippen LogP contribution >= 0.6 is 0 Å². The fourth-order valence-corrected chi connectivity index (χ4v) is 1.59. The molecule has 0 bridgehead atoms. The molecule has 0 heterocycles. The zero-order valence-corrected chi connectivity index (χ0v) is 10.8. The molecule has 4 nitrogen and oxygen atoms in total. The first-order valence-electron chi connectivity index (χ1n) is 6.09. The number of benzene rings is 1. The lowest BCUT2D eigenvalue weighted by Crippen LogP contribution is -2.18. The number of carbonyl (C=O) groups excluding carboxylic acids is 1. The van der Waals surface area contributed by atoms with Gasteiger partial charge in [-0.1, -0.05) is 0 Å². The topological polar surface area (TPSA) is 64.3 Å². The van der Waals surface area contributed by atoms with E-state index in [4.69, 9.17) is 10.5 Å². The Labute approximate surface area is 110 Å². The molecule has 19 heavy (non-hydrogen) atoms. The summed E-state index contributed by atoms with van der Waals surface area (Å²) in [5.41, 5.74) is 5.82. The Kier molecular flexibility index (Phi) is 6.21. The molecule has 1 aromatic rings. The number of amides is 1. The van der Waals surface area contributed by atoms with Crippen molar-refractivity contribution in [3.63, 3.8) is 0 Å². The van der Waals surface area contributed by atoms with Gasteiger partial charge < -0.3 is 15.8 Å². The first kappa shape index (κ1) is 15.4.